The largest absolute Gasteiger partial charge is 0.302 e. The molecule has 0 amide bonds. The van der Waals surface area contributed by atoms with Gasteiger partial charge in [-0.2, -0.15) is 0 Å². The molecule has 0 aromatic heterocycles. The summed E-state index contributed by atoms with van der Waals surface area (Å²) in [6.07, 6.45) is 6.80. The number of hydrogen-bond acceptors (Lipinski definition) is 1. The van der Waals surface area contributed by atoms with Crippen molar-refractivity contribution in [2.45, 2.75) is 49.4 Å². The Morgan fingerprint density at radius 3 is 2.59 bits per heavy atom. The first-order valence-corrected chi connectivity index (χ1v) is 10.4. The van der Waals surface area contributed by atoms with Crippen molar-refractivity contribution in [1.29, 1.82) is 0 Å². The second-order valence-electron chi connectivity index (χ2n) is 9.17. The van der Waals surface area contributed by atoms with E-state index in [1.165, 1.54) is 60.9 Å². The molecule has 3 atom stereocenters. The summed E-state index contributed by atoms with van der Waals surface area (Å²) in [7, 11) is 0. The molecule has 6 rings (SSSR count). The van der Waals surface area contributed by atoms with Crippen LogP contribution in [0.15, 0.2) is 42.5 Å². The minimum absolute atomic E-state index is 0. The molecule has 142 valence electrons. The molecule has 1 spiro atoms. The second kappa shape index (κ2) is 6.32. The van der Waals surface area contributed by atoms with Crippen LogP contribution in [0.3, 0.4) is 0 Å². The lowest BCUT2D eigenvalue weighted by Gasteiger charge is -2.37. The Balaban J connectivity index is 0.00000160. The molecule has 1 heterocycles. The average molecular weight is 384 g/mol. The molecule has 0 radical (unpaired) electrons. The van der Waals surface area contributed by atoms with E-state index in [0.717, 1.165) is 19.0 Å². The van der Waals surface area contributed by atoms with Crippen LogP contribution in [0.25, 0.3) is 0 Å². The molecule has 2 fully saturated rings. The van der Waals surface area contributed by atoms with Crippen molar-refractivity contribution in [3.8, 4) is 0 Å². The highest BCUT2D eigenvalue weighted by atomic mass is 35.5. The first kappa shape index (κ1) is 17.7. The Kier molecular flexibility index (Phi) is 4.14. The molecule has 2 bridgehead atoms. The molecule has 0 N–H and O–H groups in total. The lowest BCUT2D eigenvalue weighted by atomic mass is 9.65. The van der Waals surface area contributed by atoms with E-state index in [9.17, 15) is 4.39 Å². The van der Waals surface area contributed by atoms with Crippen LogP contribution in [0, 0.1) is 11.7 Å². The molecule has 2 aromatic rings. The van der Waals surface area contributed by atoms with Crippen molar-refractivity contribution in [3.05, 3.63) is 70.5 Å². The highest BCUT2D eigenvalue weighted by Crippen LogP contribution is 2.63. The SMILES string of the molecule is Cl.Fc1ccc2c(c1)C13CC2c2ccccc2C1CN(CC1CCCC1)C3. The van der Waals surface area contributed by atoms with E-state index in [1.54, 1.807) is 6.07 Å². The van der Waals surface area contributed by atoms with Crippen LogP contribution in [0.5, 0.6) is 0 Å². The van der Waals surface area contributed by atoms with Gasteiger partial charge in [-0.15, -0.1) is 12.4 Å². The lowest BCUT2D eigenvalue weighted by molar-refractivity contribution is 0.260. The summed E-state index contributed by atoms with van der Waals surface area (Å²) in [6.45, 7) is 3.52. The van der Waals surface area contributed by atoms with Crippen LogP contribution in [0.2, 0.25) is 0 Å². The molecule has 3 unspecified atom stereocenters. The molecule has 27 heavy (non-hydrogen) atoms. The van der Waals surface area contributed by atoms with E-state index in [1.807, 2.05) is 6.07 Å². The fourth-order valence-electron chi connectivity index (χ4n) is 6.85. The minimum Gasteiger partial charge on any atom is -0.302 e. The number of rotatable bonds is 2. The Bertz CT molecular complexity index is 874. The summed E-state index contributed by atoms with van der Waals surface area (Å²) in [5, 5.41) is 0. The molecule has 2 aromatic carbocycles. The predicted molar refractivity (Wildman–Crippen MR) is 109 cm³/mol. The summed E-state index contributed by atoms with van der Waals surface area (Å²) in [6, 6.07) is 14.7. The minimum atomic E-state index is -0.0669. The van der Waals surface area contributed by atoms with Crippen LogP contribution in [0.1, 0.15) is 66.2 Å². The Morgan fingerprint density at radius 2 is 1.78 bits per heavy atom. The Hall–Kier alpha value is -1.38. The quantitative estimate of drug-likeness (QED) is 0.650. The van der Waals surface area contributed by atoms with Crippen LogP contribution in [-0.2, 0) is 5.41 Å². The van der Waals surface area contributed by atoms with Gasteiger partial charge in [0.15, 0.2) is 0 Å². The summed E-state index contributed by atoms with van der Waals surface area (Å²) in [5.74, 6) is 1.80. The van der Waals surface area contributed by atoms with E-state index >= 15 is 0 Å². The third kappa shape index (κ3) is 2.46. The van der Waals surface area contributed by atoms with Crippen molar-refractivity contribution in [2.75, 3.05) is 19.6 Å². The van der Waals surface area contributed by atoms with Gasteiger partial charge in [0.25, 0.3) is 0 Å². The summed E-state index contributed by atoms with van der Waals surface area (Å²) in [5.41, 5.74) is 5.88. The number of nitrogens with zero attached hydrogens (tertiary/aromatic N) is 1. The number of fused-ring (bicyclic) bond motifs is 3. The van der Waals surface area contributed by atoms with Crippen molar-refractivity contribution in [3.63, 3.8) is 0 Å². The summed E-state index contributed by atoms with van der Waals surface area (Å²) in [4.78, 5) is 2.72. The van der Waals surface area contributed by atoms with Crippen LogP contribution >= 0.6 is 12.4 Å². The Labute approximate surface area is 167 Å². The fraction of sp³-hybridized carbons (Fsp3) is 0.500. The molecule has 1 saturated carbocycles. The van der Waals surface area contributed by atoms with Crippen molar-refractivity contribution in [2.24, 2.45) is 5.92 Å². The summed E-state index contributed by atoms with van der Waals surface area (Å²) >= 11 is 0. The number of benzene rings is 2. The molecular weight excluding hydrogens is 357 g/mol. The average Bonchev–Trinajstić information content (AvgIpc) is 3.35. The maximum absolute atomic E-state index is 14.2. The Morgan fingerprint density at radius 1 is 1.00 bits per heavy atom. The fourth-order valence-corrected chi connectivity index (χ4v) is 6.85. The van der Waals surface area contributed by atoms with Crippen molar-refractivity contribution >= 4 is 12.4 Å². The van der Waals surface area contributed by atoms with Crippen molar-refractivity contribution in [1.82, 2.24) is 4.90 Å². The third-order valence-electron chi connectivity index (χ3n) is 7.85. The zero-order valence-electron chi connectivity index (χ0n) is 15.7. The number of likely N-dealkylation sites (tertiary alicyclic amines) is 1. The molecule has 3 aliphatic carbocycles. The lowest BCUT2D eigenvalue weighted by Crippen LogP contribution is -2.35. The molecule has 1 aliphatic heterocycles. The first-order valence-electron chi connectivity index (χ1n) is 10.4. The third-order valence-corrected chi connectivity index (χ3v) is 7.85. The molecular formula is C24H27ClFN. The van der Waals surface area contributed by atoms with Gasteiger partial charge in [0.1, 0.15) is 5.82 Å². The maximum Gasteiger partial charge on any atom is 0.123 e. The standard InChI is InChI=1S/C24H26FN.ClH/c25-17-9-10-20-21-12-24(22(20)11-17)15-26(13-16-5-1-2-6-16)14-23(24)19-8-4-3-7-18(19)21;/h3-4,7-11,16,21,23H,1-2,5-6,12-15H2;1H. The molecule has 4 aliphatic rings. The van der Waals surface area contributed by atoms with Gasteiger partial charge in [0.05, 0.1) is 0 Å². The zero-order chi connectivity index (χ0) is 17.3. The van der Waals surface area contributed by atoms with Gasteiger partial charge in [-0.25, -0.2) is 4.39 Å². The van der Waals surface area contributed by atoms with Gasteiger partial charge >= 0.3 is 0 Å². The summed E-state index contributed by atoms with van der Waals surface area (Å²) < 4.78 is 14.2. The second-order valence-corrected chi connectivity index (χ2v) is 9.17. The van der Waals surface area contributed by atoms with Gasteiger partial charge in [0.2, 0.25) is 0 Å². The van der Waals surface area contributed by atoms with Gasteiger partial charge in [-0.05, 0) is 59.6 Å². The number of hydrogen-bond donors (Lipinski definition) is 0. The smallest absolute Gasteiger partial charge is 0.123 e. The molecule has 1 nitrogen and oxygen atoms in total. The van der Waals surface area contributed by atoms with Crippen LogP contribution in [-0.4, -0.2) is 24.5 Å². The monoisotopic (exact) mass is 383 g/mol. The van der Waals surface area contributed by atoms with E-state index < -0.39 is 0 Å². The van der Waals surface area contributed by atoms with E-state index in [0.29, 0.717) is 11.8 Å². The first-order chi connectivity index (χ1) is 12.7. The normalized spacial score (nSPS) is 31.3. The highest BCUT2D eigenvalue weighted by Gasteiger charge is 2.58. The predicted octanol–water partition coefficient (Wildman–Crippen LogP) is 5.62. The van der Waals surface area contributed by atoms with E-state index in [-0.39, 0.29) is 23.6 Å². The van der Waals surface area contributed by atoms with E-state index in [2.05, 4.69) is 35.2 Å². The van der Waals surface area contributed by atoms with Crippen LogP contribution < -0.4 is 0 Å². The maximum atomic E-state index is 14.2. The van der Waals surface area contributed by atoms with Crippen LogP contribution in [0.4, 0.5) is 4.39 Å². The van der Waals surface area contributed by atoms with Gasteiger partial charge in [-0.3, -0.25) is 0 Å². The van der Waals surface area contributed by atoms with Crippen molar-refractivity contribution < 1.29 is 4.39 Å². The highest BCUT2D eigenvalue weighted by molar-refractivity contribution is 5.85. The molecule has 3 heteroatoms. The molecule has 1 saturated heterocycles. The number of halogens is 2. The van der Waals surface area contributed by atoms with Gasteiger partial charge in [0, 0.05) is 36.9 Å². The van der Waals surface area contributed by atoms with Gasteiger partial charge in [-0.1, -0.05) is 43.2 Å². The van der Waals surface area contributed by atoms with Gasteiger partial charge < -0.3 is 4.90 Å². The zero-order valence-corrected chi connectivity index (χ0v) is 16.5. The topological polar surface area (TPSA) is 3.24 Å². The van der Waals surface area contributed by atoms with E-state index in [4.69, 9.17) is 0 Å².